The average Bonchev–Trinajstić information content (AvgIpc) is 2.88. The highest BCUT2D eigenvalue weighted by Crippen LogP contribution is 2.23. The summed E-state index contributed by atoms with van der Waals surface area (Å²) >= 11 is 0.901. The molecule has 7 heteroatoms. The average molecular weight is 306 g/mol. The number of rotatable bonds is 4. The Morgan fingerprint density at radius 3 is 2.35 bits per heavy atom. The summed E-state index contributed by atoms with van der Waals surface area (Å²) in [6.07, 6.45) is 0. The summed E-state index contributed by atoms with van der Waals surface area (Å²) in [6.45, 7) is 1.44. The molecule has 0 aliphatic heterocycles. The Morgan fingerprint density at radius 1 is 1.20 bits per heavy atom. The van der Waals surface area contributed by atoms with E-state index in [9.17, 15) is 13.2 Å². The lowest BCUT2D eigenvalue weighted by molar-refractivity contribution is 0.101. The van der Waals surface area contributed by atoms with Crippen molar-refractivity contribution in [2.45, 2.75) is 11.1 Å². The molecule has 0 atom stereocenters. The van der Waals surface area contributed by atoms with E-state index in [2.05, 4.69) is 4.72 Å². The van der Waals surface area contributed by atoms with Crippen LogP contribution in [0.4, 0.5) is 5.69 Å². The van der Waals surface area contributed by atoms with Gasteiger partial charge >= 0.3 is 0 Å². The quantitative estimate of drug-likeness (QED) is 0.880. The molecule has 20 heavy (non-hydrogen) atoms. The number of benzene rings is 1. The molecule has 5 nitrogen and oxygen atoms in total. The fourth-order valence-corrected chi connectivity index (χ4v) is 3.66. The van der Waals surface area contributed by atoms with Crippen LogP contribution in [0.15, 0.2) is 40.6 Å². The Hall–Kier alpha value is -2.17. The summed E-state index contributed by atoms with van der Waals surface area (Å²) in [5, 5.41) is 8.70. The number of nitrogens with one attached hydrogen (secondary N) is 1. The van der Waals surface area contributed by atoms with Gasteiger partial charge in [0.05, 0.1) is 0 Å². The predicted molar refractivity (Wildman–Crippen MR) is 76.3 cm³/mol. The number of anilines is 1. The molecule has 1 heterocycles. The van der Waals surface area contributed by atoms with E-state index >= 15 is 0 Å². The number of nitrogens with zero attached hydrogens (tertiary/aromatic N) is 1. The largest absolute Gasteiger partial charge is 0.295 e. The van der Waals surface area contributed by atoms with Gasteiger partial charge in [-0.2, -0.15) is 5.26 Å². The van der Waals surface area contributed by atoms with E-state index < -0.39 is 10.0 Å². The SMILES string of the molecule is CC(=O)c1ccc(NS(=O)(=O)c2ccc(C#N)s2)cc1. The van der Waals surface area contributed by atoms with Gasteiger partial charge in [0, 0.05) is 11.3 Å². The number of ketones is 1. The number of nitriles is 1. The van der Waals surface area contributed by atoms with Crippen LogP contribution in [0.2, 0.25) is 0 Å². The first-order chi connectivity index (χ1) is 9.42. The molecule has 0 amide bonds. The van der Waals surface area contributed by atoms with Gasteiger partial charge in [0.2, 0.25) is 0 Å². The summed E-state index contributed by atoms with van der Waals surface area (Å²) in [7, 11) is -3.70. The summed E-state index contributed by atoms with van der Waals surface area (Å²) in [5.74, 6) is -0.0867. The Morgan fingerprint density at radius 2 is 1.85 bits per heavy atom. The van der Waals surface area contributed by atoms with Crippen LogP contribution >= 0.6 is 11.3 Å². The summed E-state index contributed by atoms with van der Waals surface area (Å²) in [4.78, 5) is 11.5. The smallest absolute Gasteiger partial charge is 0.271 e. The first-order valence-electron chi connectivity index (χ1n) is 5.56. The number of thiophene rings is 1. The van der Waals surface area contributed by atoms with Crippen LogP contribution in [0.1, 0.15) is 22.2 Å². The maximum Gasteiger partial charge on any atom is 0.271 e. The zero-order valence-corrected chi connectivity index (χ0v) is 12.1. The standard InChI is InChI=1S/C13H10N2O3S2/c1-9(16)10-2-4-11(5-3-10)15-20(17,18)13-7-6-12(8-14)19-13/h2-7,15H,1H3. The molecule has 0 aliphatic carbocycles. The van der Waals surface area contributed by atoms with Crippen molar-refractivity contribution in [2.24, 2.45) is 0 Å². The molecule has 102 valence electrons. The van der Waals surface area contributed by atoms with Crippen molar-refractivity contribution in [1.82, 2.24) is 0 Å². The van der Waals surface area contributed by atoms with Gasteiger partial charge < -0.3 is 0 Å². The molecule has 0 aliphatic rings. The first-order valence-corrected chi connectivity index (χ1v) is 7.86. The number of carbonyl (C=O) groups excluding carboxylic acids is 1. The molecule has 2 rings (SSSR count). The number of hydrogen-bond donors (Lipinski definition) is 1. The van der Waals surface area contributed by atoms with Gasteiger partial charge in [-0.1, -0.05) is 0 Å². The summed E-state index contributed by atoms with van der Waals surface area (Å²) < 4.78 is 26.6. The van der Waals surface area contributed by atoms with Crippen LogP contribution in [0.25, 0.3) is 0 Å². The van der Waals surface area contributed by atoms with Crippen LogP contribution in [-0.4, -0.2) is 14.2 Å². The van der Waals surface area contributed by atoms with E-state index in [1.54, 1.807) is 12.1 Å². The normalized spacial score (nSPS) is 10.8. The van der Waals surface area contributed by atoms with E-state index in [1.165, 1.54) is 31.2 Å². The monoisotopic (exact) mass is 306 g/mol. The second-order valence-corrected chi connectivity index (χ2v) is 6.96. The number of sulfonamides is 1. The molecule has 0 saturated heterocycles. The number of hydrogen-bond acceptors (Lipinski definition) is 5. The van der Waals surface area contributed by atoms with Gasteiger partial charge in [-0.3, -0.25) is 9.52 Å². The van der Waals surface area contributed by atoms with E-state index in [0.717, 1.165) is 11.3 Å². The molecule has 0 bridgehead atoms. The molecule has 0 radical (unpaired) electrons. The van der Waals surface area contributed by atoms with E-state index in [1.807, 2.05) is 6.07 Å². The first kappa shape index (κ1) is 14.2. The minimum Gasteiger partial charge on any atom is -0.295 e. The molecular formula is C13H10N2O3S2. The van der Waals surface area contributed by atoms with Crippen molar-refractivity contribution < 1.29 is 13.2 Å². The Bertz CT molecular complexity index is 784. The fourth-order valence-electron chi connectivity index (χ4n) is 1.50. The second-order valence-electron chi connectivity index (χ2n) is 3.97. The molecule has 0 spiro atoms. The highest BCUT2D eigenvalue weighted by atomic mass is 32.2. The highest BCUT2D eigenvalue weighted by Gasteiger charge is 2.17. The van der Waals surface area contributed by atoms with Crippen LogP contribution in [-0.2, 0) is 10.0 Å². The zero-order valence-electron chi connectivity index (χ0n) is 10.5. The van der Waals surface area contributed by atoms with Crippen LogP contribution in [0.5, 0.6) is 0 Å². The van der Waals surface area contributed by atoms with Crippen LogP contribution < -0.4 is 4.72 Å². The van der Waals surface area contributed by atoms with Gasteiger partial charge in [0.15, 0.2) is 5.78 Å². The number of Topliss-reactive ketones (excluding diaryl/α,β-unsaturated/α-hetero) is 1. The van der Waals surface area contributed by atoms with Gasteiger partial charge in [-0.25, -0.2) is 8.42 Å². The Labute approximate surface area is 120 Å². The molecule has 1 N–H and O–H groups in total. The van der Waals surface area contributed by atoms with Crippen LogP contribution in [0.3, 0.4) is 0 Å². The molecule has 0 saturated carbocycles. The third-order valence-electron chi connectivity index (χ3n) is 2.50. The van der Waals surface area contributed by atoms with Crippen LogP contribution in [0, 0.1) is 11.3 Å². The maximum atomic E-state index is 12.1. The van der Waals surface area contributed by atoms with Crippen molar-refractivity contribution >= 4 is 32.8 Å². The van der Waals surface area contributed by atoms with Crippen molar-refractivity contribution in [3.05, 3.63) is 46.8 Å². The topological polar surface area (TPSA) is 87.0 Å². The molecule has 0 unspecified atom stereocenters. The van der Waals surface area contributed by atoms with Crippen molar-refractivity contribution in [2.75, 3.05) is 4.72 Å². The lowest BCUT2D eigenvalue weighted by atomic mass is 10.1. The van der Waals surface area contributed by atoms with Crippen molar-refractivity contribution in [3.63, 3.8) is 0 Å². The van der Waals surface area contributed by atoms with Gasteiger partial charge in [0.1, 0.15) is 15.2 Å². The van der Waals surface area contributed by atoms with Crippen molar-refractivity contribution in [3.8, 4) is 6.07 Å². The highest BCUT2D eigenvalue weighted by molar-refractivity contribution is 7.94. The molecule has 0 fully saturated rings. The maximum absolute atomic E-state index is 12.1. The summed E-state index contributed by atoms with van der Waals surface area (Å²) in [5.41, 5.74) is 0.873. The minimum atomic E-state index is -3.70. The lowest BCUT2D eigenvalue weighted by Crippen LogP contribution is -2.11. The van der Waals surface area contributed by atoms with Gasteiger partial charge in [-0.15, -0.1) is 11.3 Å². The lowest BCUT2D eigenvalue weighted by Gasteiger charge is -2.06. The van der Waals surface area contributed by atoms with E-state index in [4.69, 9.17) is 5.26 Å². The van der Waals surface area contributed by atoms with Gasteiger partial charge in [0.25, 0.3) is 10.0 Å². The third-order valence-corrected chi connectivity index (χ3v) is 5.36. The van der Waals surface area contributed by atoms with Crippen molar-refractivity contribution in [1.29, 1.82) is 5.26 Å². The van der Waals surface area contributed by atoms with Gasteiger partial charge in [-0.05, 0) is 43.3 Å². The second kappa shape index (κ2) is 5.45. The minimum absolute atomic E-state index is 0.0738. The molecule has 2 aromatic rings. The van der Waals surface area contributed by atoms with E-state index in [0.29, 0.717) is 16.1 Å². The molecular weight excluding hydrogens is 296 g/mol. The molecule has 1 aromatic heterocycles. The van der Waals surface area contributed by atoms with E-state index in [-0.39, 0.29) is 9.99 Å². The zero-order chi connectivity index (χ0) is 14.8. The molecule has 1 aromatic carbocycles. The number of carbonyl (C=O) groups is 1. The Kier molecular flexibility index (Phi) is 3.88. The predicted octanol–water partition coefficient (Wildman–Crippen LogP) is 2.62. The Balaban J connectivity index is 2.24. The fraction of sp³-hybridized carbons (Fsp3) is 0.0769. The summed E-state index contributed by atoms with van der Waals surface area (Å²) in [6, 6.07) is 10.9. The third kappa shape index (κ3) is 3.04.